The minimum absolute atomic E-state index is 0.180. The van der Waals surface area contributed by atoms with Gasteiger partial charge in [-0.2, -0.15) is 0 Å². The van der Waals surface area contributed by atoms with Crippen molar-refractivity contribution in [2.24, 2.45) is 0 Å². The van der Waals surface area contributed by atoms with E-state index in [1.165, 1.54) is 22.2 Å². The van der Waals surface area contributed by atoms with Crippen LogP contribution in [0.15, 0.2) is 65.6 Å². The number of anilines is 2. The van der Waals surface area contributed by atoms with Crippen molar-refractivity contribution in [1.29, 1.82) is 0 Å². The Morgan fingerprint density at radius 2 is 1.71 bits per heavy atom. The monoisotopic (exact) mass is 586 g/mol. The molecule has 0 spiro atoms. The Kier molecular flexibility index (Phi) is 9.33. The topological polar surface area (TPSA) is 67.9 Å². The van der Waals surface area contributed by atoms with Crippen molar-refractivity contribution in [3.8, 4) is 11.5 Å². The summed E-state index contributed by atoms with van der Waals surface area (Å²) in [5.74, 6) is 0.281. The number of ether oxygens (including phenoxy) is 2. The van der Waals surface area contributed by atoms with Crippen molar-refractivity contribution >= 4 is 80.8 Å². The molecule has 0 radical (unpaired) electrons. The first-order chi connectivity index (χ1) is 18.3. The standard InChI is InChI=1S/C28H24Cl2N2O4S2/c1-3-17-5-8-22(9-6-17)32-27(34)25(38-28(32)37)12-18-7-10-23(24(11-18)35-4-2)36-16-26(33)31-21-14-19(29)13-20(30)15-21/h5-15H,3-4,16H2,1-2H3,(H,31,33)/b25-12-. The number of nitrogens with zero attached hydrogens (tertiary/aromatic N) is 1. The van der Waals surface area contributed by atoms with Crippen molar-refractivity contribution in [2.75, 3.05) is 23.4 Å². The number of benzene rings is 3. The second-order valence-electron chi connectivity index (χ2n) is 8.17. The molecule has 0 bridgehead atoms. The van der Waals surface area contributed by atoms with Crippen LogP contribution in [0.1, 0.15) is 25.0 Å². The van der Waals surface area contributed by atoms with E-state index in [1.54, 1.807) is 42.5 Å². The quantitative estimate of drug-likeness (QED) is 0.208. The number of hydrogen-bond donors (Lipinski definition) is 1. The Morgan fingerprint density at radius 1 is 1.00 bits per heavy atom. The number of thiocarbonyl (C=S) groups is 1. The van der Waals surface area contributed by atoms with E-state index in [0.29, 0.717) is 43.1 Å². The van der Waals surface area contributed by atoms with Crippen LogP contribution >= 0.6 is 47.2 Å². The molecule has 38 heavy (non-hydrogen) atoms. The molecule has 3 aromatic rings. The summed E-state index contributed by atoms with van der Waals surface area (Å²) in [6.07, 6.45) is 2.68. The summed E-state index contributed by atoms with van der Waals surface area (Å²) in [6, 6.07) is 17.8. The van der Waals surface area contributed by atoms with Crippen LogP contribution in [0, 0.1) is 0 Å². The zero-order valence-corrected chi connectivity index (χ0v) is 23.8. The Bertz CT molecular complexity index is 1390. The van der Waals surface area contributed by atoms with Gasteiger partial charge in [-0.3, -0.25) is 14.5 Å². The molecule has 1 aliphatic rings. The molecule has 0 aliphatic carbocycles. The third-order valence-corrected chi connectivity index (χ3v) is 7.21. The summed E-state index contributed by atoms with van der Waals surface area (Å²) in [4.78, 5) is 27.6. The van der Waals surface area contributed by atoms with E-state index in [1.807, 2.05) is 31.2 Å². The molecule has 2 amide bonds. The molecule has 1 saturated heterocycles. The molecule has 10 heteroatoms. The van der Waals surface area contributed by atoms with E-state index in [9.17, 15) is 9.59 Å². The molecule has 1 fully saturated rings. The van der Waals surface area contributed by atoms with E-state index >= 15 is 0 Å². The van der Waals surface area contributed by atoms with Gasteiger partial charge in [-0.1, -0.05) is 72.3 Å². The van der Waals surface area contributed by atoms with E-state index in [4.69, 9.17) is 44.9 Å². The number of nitrogens with one attached hydrogen (secondary N) is 1. The summed E-state index contributed by atoms with van der Waals surface area (Å²) >= 11 is 18.7. The average Bonchev–Trinajstić information content (AvgIpc) is 3.15. The normalized spacial score (nSPS) is 14.2. The first kappa shape index (κ1) is 28.0. The molecular weight excluding hydrogens is 563 g/mol. The van der Waals surface area contributed by atoms with Crippen LogP contribution in [0.5, 0.6) is 11.5 Å². The number of thioether (sulfide) groups is 1. The minimum Gasteiger partial charge on any atom is -0.490 e. The third-order valence-electron chi connectivity index (χ3n) is 5.47. The van der Waals surface area contributed by atoms with Gasteiger partial charge in [-0.05, 0) is 73.0 Å². The zero-order chi connectivity index (χ0) is 27.2. The highest BCUT2D eigenvalue weighted by molar-refractivity contribution is 8.27. The van der Waals surface area contributed by atoms with Gasteiger partial charge in [0.2, 0.25) is 0 Å². The molecule has 0 saturated carbocycles. The van der Waals surface area contributed by atoms with Gasteiger partial charge in [0, 0.05) is 15.7 Å². The maximum absolute atomic E-state index is 13.2. The number of carbonyl (C=O) groups excluding carboxylic acids is 2. The molecule has 1 aliphatic heterocycles. The lowest BCUT2D eigenvalue weighted by Crippen LogP contribution is -2.27. The highest BCUT2D eigenvalue weighted by Gasteiger charge is 2.33. The van der Waals surface area contributed by atoms with Crippen molar-refractivity contribution < 1.29 is 19.1 Å². The van der Waals surface area contributed by atoms with Crippen molar-refractivity contribution in [1.82, 2.24) is 0 Å². The fraction of sp³-hybridized carbons (Fsp3) is 0.179. The van der Waals surface area contributed by atoms with Gasteiger partial charge in [0.15, 0.2) is 22.4 Å². The molecule has 4 rings (SSSR count). The first-order valence-corrected chi connectivity index (χ1v) is 13.8. The summed E-state index contributed by atoms with van der Waals surface area (Å²) in [6.45, 7) is 4.07. The fourth-order valence-corrected chi connectivity index (χ4v) is 5.52. The van der Waals surface area contributed by atoms with Crippen LogP contribution in [0.4, 0.5) is 11.4 Å². The largest absolute Gasteiger partial charge is 0.490 e. The smallest absolute Gasteiger partial charge is 0.270 e. The molecule has 6 nitrogen and oxygen atoms in total. The highest BCUT2D eigenvalue weighted by Crippen LogP contribution is 2.37. The first-order valence-electron chi connectivity index (χ1n) is 11.8. The lowest BCUT2D eigenvalue weighted by molar-refractivity contribution is -0.118. The molecule has 0 aromatic heterocycles. The molecular formula is C28H24Cl2N2O4S2. The second kappa shape index (κ2) is 12.7. The number of amides is 2. The van der Waals surface area contributed by atoms with Gasteiger partial charge in [0.25, 0.3) is 11.8 Å². The molecule has 3 aromatic carbocycles. The summed E-state index contributed by atoms with van der Waals surface area (Å²) in [5.41, 5.74) is 3.13. The van der Waals surface area contributed by atoms with Crippen LogP contribution in [0.2, 0.25) is 10.0 Å². The van der Waals surface area contributed by atoms with Gasteiger partial charge in [-0.25, -0.2) is 0 Å². The molecule has 1 heterocycles. The van der Waals surface area contributed by atoms with Crippen LogP contribution in [-0.4, -0.2) is 29.3 Å². The number of halogens is 2. The number of hydrogen-bond acceptors (Lipinski definition) is 6. The Morgan fingerprint density at radius 3 is 2.37 bits per heavy atom. The van der Waals surface area contributed by atoms with Gasteiger partial charge >= 0.3 is 0 Å². The molecule has 196 valence electrons. The van der Waals surface area contributed by atoms with E-state index in [2.05, 4.69) is 12.2 Å². The van der Waals surface area contributed by atoms with Crippen LogP contribution in [0.25, 0.3) is 6.08 Å². The lowest BCUT2D eigenvalue weighted by Gasteiger charge is -2.15. The average molecular weight is 588 g/mol. The van der Waals surface area contributed by atoms with Crippen molar-refractivity contribution in [2.45, 2.75) is 20.3 Å². The molecule has 0 atom stereocenters. The summed E-state index contributed by atoms with van der Waals surface area (Å²) in [7, 11) is 0. The maximum Gasteiger partial charge on any atom is 0.270 e. The minimum atomic E-state index is -0.384. The third kappa shape index (κ3) is 6.88. The lowest BCUT2D eigenvalue weighted by atomic mass is 10.1. The number of rotatable bonds is 9. The van der Waals surface area contributed by atoms with Crippen LogP contribution < -0.4 is 19.7 Å². The highest BCUT2D eigenvalue weighted by atomic mass is 35.5. The summed E-state index contributed by atoms with van der Waals surface area (Å²) in [5, 5.41) is 3.52. The van der Waals surface area contributed by atoms with Gasteiger partial charge in [-0.15, -0.1) is 0 Å². The van der Waals surface area contributed by atoms with Crippen LogP contribution in [-0.2, 0) is 16.0 Å². The second-order valence-corrected chi connectivity index (χ2v) is 10.7. The predicted octanol–water partition coefficient (Wildman–Crippen LogP) is 7.38. The van der Waals surface area contributed by atoms with E-state index in [-0.39, 0.29) is 18.4 Å². The molecule has 0 unspecified atom stereocenters. The zero-order valence-electron chi connectivity index (χ0n) is 20.6. The Balaban J connectivity index is 1.47. The Labute approximate surface area is 240 Å². The van der Waals surface area contributed by atoms with Gasteiger partial charge in [0.1, 0.15) is 0 Å². The van der Waals surface area contributed by atoms with E-state index < -0.39 is 0 Å². The number of aryl methyl sites for hydroxylation is 1. The SMILES string of the molecule is CCOc1cc(/C=C2\SC(=S)N(c3ccc(CC)cc3)C2=O)ccc1OCC(=O)Nc1cc(Cl)cc(Cl)c1. The summed E-state index contributed by atoms with van der Waals surface area (Å²) < 4.78 is 11.9. The maximum atomic E-state index is 13.2. The predicted molar refractivity (Wildman–Crippen MR) is 160 cm³/mol. The fourth-order valence-electron chi connectivity index (χ4n) is 3.69. The Hall–Kier alpha value is -3.04. The van der Waals surface area contributed by atoms with Gasteiger partial charge in [0.05, 0.1) is 17.2 Å². The van der Waals surface area contributed by atoms with E-state index in [0.717, 1.165) is 17.7 Å². The van der Waals surface area contributed by atoms with Crippen molar-refractivity contribution in [3.63, 3.8) is 0 Å². The van der Waals surface area contributed by atoms with Crippen LogP contribution in [0.3, 0.4) is 0 Å². The number of carbonyl (C=O) groups is 2. The van der Waals surface area contributed by atoms with Crippen molar-refractivity contribution in [3.05, 3.63) is 86.7 Å². The van der Waals surface area contributed by atoms with Gasteiger partial charge < -0.3 is 14.8 Å². The molecule has 1 N–H and O–H groups in total.